The summed E-state index contributed by atoms with van der Waals surface area (Å²) in [6.45, 7) is 3.50. The minimum atomic E-state index is -2.93. The van der Waals surface area contributed by atoms with Gasteiger partial charge in [-0.1, -0.05) is 6.92 Å². The molecule has 15 heavy (non-hydrogen) atoms. The number of hydrogen-bond acceptors (Lipinski definition) is 4. The topological polar surface area (TPSA) is 89.3 Å². The molecule has 6 heteroatoms. The van der Waals surface area contributed by atoms with Crippen LogP contribution < -0.4 is 11.1 Å². The van der Waals surface area contributed by atoms with Gasteiger partial charge in [-0.25, -0.2) is 8.42 Å². The zero-order valence-electron chi connectivity index (χ0n) is 9.06. The second-order valence-corrected chi connectivity index (χ2v) is 6.49. The van der Waals surface area contributed by atoms with Crippen LogP contribution in [0.1, 0.15) is 20.3 Å². The van der Waals surface area contributed by atoms with Crippen molar-refractivity contribution in [3.8, 4) is 0 Å². The van der Waals surface area contributed by atoms with Crippen LogP contribution in [0, 0.1) is 5.92 Å². The Bertz CT molecular complexity index is 337. The van der Waals surface area contributed by atoms with E-state index in [9.17, 15) is 13.2 Å². The quantitative estimate of drug-likeness (QED) is 0.674. The minimum Gasteiger partial charge on any atom is -0.352 e. The third-order valence-corrected chi connectivity index (χ3v) is 4.55. The van der Waals surface area contributed by atoms with E-state index < -0.39 is 9.84 Å². The molecule has 5 nitrogen and oxygen atoms in total. The maximum absolute atomic E-state index is 11.6. The summed E-state index contributed by atoms with van der Waals surface area (Å²) in [5, 5.41) is 2.72. The highest BCUT2D eigenvalue weighted by Crippen LogP contribution is 2.12. The van der Waals surface area contributed by atoms with Gasteiger partial charge in [-0.15, -0.1) is 0 Å². The lowest BCUT2D eigenvalue weighted by Crippen LogP contribution is -2.43. The summed E-state index contributed by atoms with van der Waals surface area (Å²) in [7, 11) is -2.93. The highest BCUT2D eigenvalue weighted by atomic mass is 32.2. The van der Waals surface area contributed by atoms with Crippen molar-refractivity contribution in [1.29, 1.82) is 0 Å². The number of carbonyl (C=O) groups is 1. The van der Waals surface area contributed by atoms with E-state index in [0.717, 1.165) is 0 Å². The van der Waals surface area contributed by atoms with Crippen LogP contribution in [-0.2, 0) is 14.6 Å². The fourth-order valence-electron chi connectivity index (χ4n) is 1.48. The predicted octanol–water partition coefficient (Wildman–Crippen LogP) is -0.727. The van der Waals surface area contributed by atoms with Gasteiger partial charge < -0.3 is 11.1 Å². The van der Waals surface area contributed by atoms with E-state index in [1.165, 1.54) is 0 Å². The molecule has 1 amide bonds. The van der Waals surface area contributed by atoms with Crippen molar-refractivity contribution in [2.24, 2.45) is 11.7 Å². The normalized spacial score (nSPS) is 28.3. The number of carbonyl (C=O) groups excluding carboxylic acids is 1. The largest absolute Gasteiger partial charge is 0.352 e. The Labute approximate surface area is 90.3 Å². The van der Waals surface area contributed by atoms with Crippen molar-refractivity contribution in [1.82, 2.24) is 5.32 Å². The summed E-state index contributed by atoms with van der Waals surface area (Å²) >= 11 is 0. The van der Waals surface area contributed by atoms with Gasteiger partial charge in [0.1, 0.15) is 0 Å². The summed E-state index contributed by atoms with van der Waals surface area (Å²) in [6, 6.07) is -0.452. The van der Waals surface area contributed by atoms with Gasteiger partial charge in [0.05, 0.1) is 11.5 Å². The number of hydrogen-bond donors (Lipinski definition) is 2. The number of sulfone groups is 1. The molecule has 88 valence electrons. The molecule has 0 aromatic rings. The summed E-state index contributed by atoms with van der Waals surface area (Å²) in [5.41, 5.74) is 5.59. The first-order valence-corrected chi connectivity index (χ1v) is 6.90. The van der Waals surface area contributed by atoms with Crippen molar-refractivity contribution in [2.75, 3.05) is 11.5 Å². The van der Waals surface area contributed by atoms with Crippen molar-refractivity contribution < 1.29 is 13.2 Å². The average molecular weight is 234 g/mol. The van der Waals surface area contributed by atoms with E-state index >= 15 is 0 Å². The Balaban J connectivity index is 2.47. The summed E-state index contributed by atoms with van der Waals surface area (Å²) < 4.78 is 22.3. The molecule has 0 radical (unpaired) electrons. The Hall–Kier alpha value is -0.620. The van der Waals surface area contributed by atoms with Crippen LogP contribution in [0.25, 0.3) is 0 Å². The zero-order valence-corrected chi connectivity index (χ0v) is 9.88. The Morgan fingerprint density at radius 1 is 1.47 bits per heavy atom. The molecule has 0 bridgehead atoms. The molecule has 1 rings (SSSR count). The van der Waals surface area contributed by atoms with Crippen molar-refractivity contribution in [3.05, 3.63) is 0 Å². The molecule has 3 atom stereocenters. The first-order valence-electron chi connectivity index (χ1n) is 5.08. The van der Waals surface area contributed by atoms with Gasteiger partial charge >= 0.3 is 0 Å². The standard InChI is InChI=1S/C9H18N2O3S/c1-6(7(2)10)9(12)11-8-3-4-15(13,14)5-8/h6-8H,3-5,10H2,1-2H3,(H,11,12). The van der Waals surface area contributed by atoms with Gasteiger partial charge in [0.15, 0.2) is 9.84 Å². The second-order valence-electron chi connectivity index (χ2n) is 4.26. The van der Waals surface area contributed by atoms with Crippen LogP contribution in [0.15, 0.2) is 0 Å². The average Bonchev–Trinajstić information content (AvgIpc) is 2.43. The van der Waals surface area contributed by atoms with E-state index in [1.54, 1.807) is 13.8 Å². The Kier molecular flexibility index (Phi) is 3.72. The molecule has 0 aromatic carbocycles. The first-order chi connectivity index (χ1) is 6.82. The minimum absolute atomic E-state index is 0.0599. The van der Waals surface area contributed by atoms with Crippen LogP contribution in [0.5, 0.6) is 0 Å². The number of nitrogens with two attached hydrogens (primary N) is 1. The van der Waals surface area contributed by atoms with Gasteiger partial charge in [-0.2, -0.15) is 0 Å². The Morgan fingerprint density at radius 2 is 2.07 bits per heavy atom. The molecule has 0 aliphatic carbocycles. The van der Waals surface area contributed by atoms with Gasteiger partial charge in [-0.05, 0) is 13.3 Å². The van der Waals surface area contributed by atoms with E-state index in [4.69, 9.17) is 5.73 Å². The van der Waals surface area contributed by atoms with Crippen molar-refractivity contribution in [2.45, 2.75) is 32.4 Å². The summed E-state index contributed by atoms with van der Waals surface area (Å²) in [5.74, 6) is -0.213. The third-order valence-electron chi connectivity index (χ3n) is 2.78. The lowest BCUT2D eigenvalue weighted by Gasteiger charge is -2.18. The molecule has 0 saturated carbocycles. The lowest BCUT2D eigenvalue weighted by atomic mass is 10.0. The monoisotopic (exact) mass is 234 g/mol. The van der Waals surface area contributed by atoms with Gasteiger partial charge in [0, 0.05) is 18.0 Å². The third kappa shape index (κ3) is 3.46. The predicted molar refractivity (Wildman–Crippen MR) is 58.0 cm³/mol. The molecule has 1 aliphatic rings. The molecule has 3 N–H and O–H groups in total. The second kappa shape index (κ2) is 4.49. The van der Waals surface area contributed by atoms with E-state index in [0.29, 0.717) is 6.42 Å². The van der Waals surface area contributed by atoms with Gasteiger partial charge in [0.25, 0.3) is 0 Å². The number of rotatable bonds is 3. The highest BCUT2D eigenvalue weighted by Gasteiger charge is 2.30. The molecular weight excluding hydrogens is 216 g/mol. The molecular formula is C9H18N2O3S. The summed E-state index contributed by atoms with van der Waals surface area (Å²) in [4.78, 5) is 11.6. The molecule has 1 aliphatic heterocycles. The molecule has 3 unspecified atom stereocenters. The first kappa shape index (κ1) is 12.4. The van der Waals surface area contributed by atoms with Gasteiger partial charge in [-0.3, -0.25) is 4.79 Å². The van der Waals surface area contributed by atoms with Crippen LogP contribution in [0.3, 0.4) is 0 Å². The fraction of sp³-hybridized carbons (Fsp3) is 0.889. The summed E-state index contributed by atoms with van der Waals surface area (Å²) in [6.07, 6.45) is 0.514. The van der Waals surface area contributed by atoms with E-state index in [2.05, 4.69) is 5.32 Å². The lowest BCUT2D eigenvalue weighted by molar-refractivity contribution is -0.125. The van der Waals surface area contributed by atoms with Crippen LogP contribution in [-0.4, -0.2) is 37.9 Å². The number of amides is 1. The van der Waals surface area contributed by atoms with Crippen molar-refractivity contribution >= 4 is 15.7 Å². The molecule has 1 saturated heterocycles. The molecule has 1 fully saturated rings. The van der Waals surface area contributed by atoms with Crippen LogP contribution in [0.4, 0.5) is 0 Å². The van der Waals surface area contributed by atoms with Gasteiger partial charge in [0.2, 0.25) is 5.91 Å². The van der Waals surface area contributed by atoms with Crippen LogP contribution in [0.2, 0.25) is 0 Å². The highest BCUT2D eigenvalue weighted by molar-refractivity contribution is 7.91. The maximum atomic E-state index is 11.6. The zero-order chi connectivity index (χ0) is 11.6. The maximum Gasteiger partial charge on any atom is 0.224 e. The molecule has 0 aromatic heterocycles. The smallest absolute Gasteiger partial charge is 0.224 e. The SMILES string of the molecule is CC(N)C(C)C(=O)NC1CCS(=O)(=O)C1. The molecule has 1 heterocycles. The van der Waals surface area contributed by atoms with Crippen molar-refractivity contribution in [3.63, 3.8) is 0 Å². The number of nitrogens with one attached hydrogen (secondary N) is 1. The van der Waals surface area contributed by atoms with E-state index in [1.807, 2.05) is 0 Å². The Morgan fingerprint density at radius 3 is 2.47 bits per heavy atom. The molecule has 0 spiro atoms. The van der Waals surface area contributed by atoms with Crippen LogP contribution >= 0.6 is 0 Å². The fourth-order valence-corrected chi connectivity index (χ4v) is 3.15. The van der Waals surface area contributed by atoms with E-state index in [-0.39, 0.29) is 35.4 Å².